The molecule has 7 heteroatoms. The number of carbonyl (C=O) groups is 1. The van der Waals surface area contributed by atoms with Crippen LogP contribution in [0.1, 0.15) is 42.1 Å². The number of carboxylic acid groups (broad SMARTS) is 1. The van der Waals surface area contributed by atoms with Crippen molar-refractivity contribution in [2.75, 3.05) is 0 Å². The Hall–Kier alpha value is -4.10. The number of aliphatic hydroxyl groups excluding tert-OH is 1. The summed E-state index contributed by atoms with van der Waals surface area (Å²) < 4.78 is 2.08. The SMILES string of the molecule is O=C(O)c1ccc2c(c1)nc(-c1ccc3nc(-c4ccccc4)cnc3c1)n2[C@@H]1CCCC[C@H]1O. The van der Waals surface area contributed by atoms with Crippen LogP contribution in [0.4, 0.5) is 0 Å². The second kappa shape index (κ2) is 8.60. The number of aromatic nitrogens is 4. The molecular formula is C28H24N4O3. The van der Waals surface area contributed by atoms with Crippen molar-refractivity contribution in [1.82, 2.24) is 19.5 Å². The minimum atomic E-state index is -0.990. The maximum atomic E-state index is 11.5. The van der Waals surface area contributed by atoms with E-state index in [0.29, 0.717) is 11.3 Å². The number of hydrogen-bond acceptors (Lipinski definition) is 5. The smallest absolute Gasteiger partial charge is 0.335 e. The van der Waals surface area contributed by atoms with Crippen LogP contribution in [0.25, 0.3) is 44.7 Å². The van der Waals surface area contributed by atoms with Gasteiger partial charge in [0.2, 0.25) is 0 Å². The molecule has 0 bridgehead atoms. The number of fused-ring (bicyclic) bond motifs is 2. The van der Waals surface area contributed by atoms with Crippen molar-refractivity contribution in [3.63, 3.8) is 0 Å². The van der Waals surface area contributed by atoms with Gasteiger partial charge in [0, 0.05) is 11.1 Å². The molecule has 0 aliphatic heterocycles. The Morgan fingerprint density at radius 1 is 0.857 bits per heavy atom. The maximum Gasteiger partial charge on any atom is 0.335 e. The number of rotatable bonds is 4. The number of benzene rings is 3. The molecule has 1 saturated carbocycles. The van der Waals surface area contributed by atoms with Crippen LogP contribution in [0, 0.1) is 0 Å². The molecule has 1 aliphatic rings. The highest BCUT2D eigenvalue weighted by Crippen LogP contribution is 2.37. The van der Waals surface area contributed by atoms with Crippen LogP contribution in [0.5, 0.6) is 0 Å². The fourth-order valence-corrected chi connectivity index (χ4v) is 5.06. The minimum Gasteiger partial charge on any atom is -0.478 e. The summed E-state index contributed by atoms with van der Waals surface area (Å²) in [6.07, 6.45) is 4.90. The van der Waals surface area contributed by atoms with Crippen LogP contribution >= 0.6 is 0 Å². The van der Waals surface area contributed by atoms with Crippen molar-refractivity contribution in [2.24, 2.45) is 0 Å². The van der Waals surface area contributed by atoms with Crippen molar-refractivity contribution in [3.05, 3.63) is 78.5 Å². The fraction of sp³-hybridized carbons (Fsp3) is 0.214. The third-order valence-corrected chi connectivity index (χ3v) is 6.83. The zero-order chi connectivity index (χ0) is 23.9. The van der Waals surface area contributed by atoms with Gasteiger partial charge in [-0.15, -0.1) is 0 Å². The maximum absolute atomic E-state index is 11.5. The summed E-state index contributed by atoms with van der Waals surface area (Å²) in [6, 6.07) is 20.7. The first kappa shape index (κ1) is 21.4. The van der Waals surface area contributed by atoms with Gasteiger partial charge in [-0.05, 0) is 49.2 Å². The molecule has 2 N–H and O–H groups in total. The quantitative estimate of drug-likeness (QED) is 0.365. The van der Waals surface area contributed by atoms with Gasteiger partial charge in [-0.1, -0.05) is 43.2 Å². The number of hydrogen-bond donors (Lipinski definition) is 2. The van der Waals surface area contributed by atoms with E-state index in [-0.39, 0.29) is 11.6 Å². The molecule has 7 nitrogen and oxygen atoms in total. The molecule has 0 radical (unpaired) electrons. The summed E-state index contributed by atoms with van der Waals surface area (Å²) in [5.41, 5.74) is 5.81. The second-order valence-electron chi connectivity index (χ2n) is 9.06. The molecule has 1 fully saturated rings. The van der Waals surface area contributed by atoms with Crippen LogP contribution in [0.15, 0.2) is 72.9 Å². The van der Waals surface area contributed by atoms with Crippen molar-refractivity contribution >= 4 is 28.0 Å². The number of aromatic carboxylic acids is 1. The molecule has 2 atom stereocenters. The number of carboxylic acids is 1. The molecule has 1 aliphatic carbocycles. The molecule has 0 saturated heterocycles. The van der Waals surface area contributed by atoms with Crippen molar-refractivity contribution in [3.8, 4) is 22.6 Å². The average molecular weight is 465 g/mol. The zero-order valence-corrected chi connectivity index (χ0v) is 19.0. The third-order valence-electron chi connectivity index (χ3n) is 6.83. The van der Waals surface area contributed by atoms with Gasteiger partial charge in [-0.3, -0.25) is 4.98 Å². The lowest BCUT2D eigenvalue weighted by molar-refractivity contribution is 0.0696. The summed E-state index contributed by atoms with van der Waals surface area (Å²) in [4.78, 5) is 25.8. The molecule has 2 heterocycles. The van der Waals surface area contributed by atoms with E-state index in [1.165, 1.54) is 0 Å². The van der Waals surface area contributed by atoms with Crippen molar-refractivity contribution in [1.29, 1.82) is 0 Å². The largest absolute Gasteiger partial charge is 0.478 e. The number of imidazole rings is 1. The molecule has 0 unspecified atom stereocenters. The number of nitrogens with zero attached hydrogens (tertiary/aromatic N) is 4. The lowest BCUT2D eigenvalue weighted by Crippen LogP contribution is -2.28. The van der Waals surface area contributed by atoms with Gasteiger partial charge in [0.05, 0.1) is 51.7 Å². The van der Waals surface area contributed by atoms with Gasteiger partial charge in [-0.2, -0.15) is 0 Å². The van der Waals surface area contributed by atoms with E-state index < -0.39 is 12.1 Å². The van der Waals surface area contributed by atoms with Crippen molar-refractivity contribution < 1.29 is 15.0 Å². The highest BCUT2D eigenvalue weighted by molar-refractivity contribution is 5.93. The predicted octanol–water partition coefficient (Wildman–Crippen LogP) is 5.49. The van der Waals surface area contributed by atoms with Crippen LogP contribution in [0.3, 0.4) is 0 Å². The van der Waals surface area contributed by atoms with E-state index >= 15 is 0 Å². The third kappa shape index (κ3) is 3.84. The van der Waals surface area contributed by atoms with Gasteiger partial charge < -0.3 is 14.8 Å². The Morgan fingerprint density at radius 3 is 2.49 bits per heavy atom. The van der Waals surface area contributed by atoms with Crippen LogP contribution in [-0.4, -0.2) is 41.8 Å². The molecule has 0 amide bonds. The topological polar surface area (TPSA) is 101 Å². The Kier molecular flexibility index (Phi) is 5.26. The van der Waals surface area contributed by atoms with Gasteiger partial charge in [-0.25, -0.2) is 14.8 Å². The van der Waals surface area contributed by atoms with E-state index in [1.807, 2.05) is 48.5 Å². The zero-order valence-electron chi connectivity index (χ0n) is 19.0. The molecular weight excluding hydrogens is 440 g/mol. The van der Waals surface area contributed by atoms with Crippen LogP contribution in [-0.2, 0) is 0 Å². The van der Waals surface area contributed by atoms with E-state index in [9.17, 15) is 15.0 Å². The lowest BCUT2D eigenvalue weighted by Gasteiger charge is -2.30. The van der Waals surface area contributed by atoms with Gasteiger partial charge in [0.25, 0.3) is 0 Å². The van der Waals surface area contributed by atoms with Crippen LogP contribution in [0.2, 0.25) is 0 Å². The Morgan fingerprint density at radius 2 is 1.69 bits per heavy atom. The van der Waals surface area contributed by atoms with Crippen LogP contribution < -0.4 is 0 Å². The molecule has 5 aromatic rings. The Labute approximate surface area is 201 Å². The fourth-order valence-electron chi connectivity index (χ4n) is 5.06. The molecule has 35 heavy (non-hydrogen) atoms. The standard InChI is InChI=1S/C28H24N4O3/c33-26-9-5-4-8-25(26)32-24-13-11-19(28(34)35)15-22(24)31-27(32)18-10-12-20-21(14-18)29-16-23(30-20)17-6-2-1-3-7-17/h1-3,6-7,10-16,25-26,33H,4-5,8-9H2,(H,34,35)/t25-,26-/m1/s1. The first-order valence-corrected chi connectivity index (χ1v) is 11.8. The van der Waals surface area contributed by atoms with Gasteiger partial charge in [0.15, 0.2) is 0 Å². The highest BCUT2D eigenvalue weighted by Gasteiger charge is 2.29. The van der Waals surface area contributed by atoms with E-state index in [1.54, 1.807) is 24.4 Å². The average Bonchev–Trinajstić information content (AvgIpc) is 3.27. The predicted molar refractivity (Wildman–Crippen MR) is 134 cm³/mol. The first-order valence-electron chi connectivity index (χ1n) is 11.8. The Balaban J connectivity index is 1.50. The monoisotopic (exact) mass is 464 g/mol. The van der Waals surface area contributed by atoms with Crippen molar-refractivity contribution in [2.45, 2.75) is 37.8 Å². The highest BCUT2D eigenvalue weighted by atomic mass is 16.4. The Bertz CT molecular complexity index is 1560. The summed E-state index contributed by atoms with van der Waals surface area (Å²) in [5, 5.41) is 20.3. The molecule has 0 spiro atoms. The number of aliphatic hydroxyl groups is 1. The minimum absolute atomic E-state index is 0.123. The summed E-state index contributed by atoms with van der Waals surface area (Å²) in [6.45, 7) is 0. The normalized spacial score (nSPS) is 18.2. The second-order valence-corrected chi connectivity index (χ2v) is 9.06. The first-order chi connectivity index (χ1) is 17.1. The summed E-state index contributed by atoms with van der Waals surface area (Å²) in [7, 11) is 0. The molecule has 3 aromatic carbocycles. The van der Waals surface area contributed by atoms with Gasteiger partial charge >= 0.3 is 5.97 Å². The van der Waals surface area contributed by atoms with Gasteiger partial charge in [0.1, 0.15) is 5.82 Å². The summed E-state index contributed by atoms with van der Waals surface area (Å²) in [5.74, 6) is -0.291. The van der Waals surface area contributed by atoms with E-state index in [4.69, 9.17) is 9.97 Å². The molecule has 6 rings (SSSR count). The lowest BCUT2D eigenvalue weighted by atomic mass is 9.92. The summed E-state index contributed by atoms with van der Waals surface area (Å²) >= 11 is 0. The van der Waals surface area contributed by atoms with E-state index in [2.05, 4.69) is 9.55 Å². The molecule has 2 aromatic heterocycles. The molecule has 174 valence electrons. The van der Waals surface area contributed by atoms with E-state index in [0.717, 1.165) is 59.1 Å².